The van der Waals surface area contributed by atoms with Crippen molar-refractivity contribution < 1.29 is 18.1 Å². The average Bonchev–Trinajstić information content (AvgIpc) is 2.23. The molecule has 0 saturated carbocycles. The van der Waals surface area contributed by atoms with Gasteiger partial charge in [0.1, 0.15) is 5.75 Å². The zero-order valence-electron chi connectivity index (χ0n) is 10.6. The van der Waals surface area contributed by atoms with E-state index in [0.717, 1.165) is 11.3 Å². The number of nitrogens with zero attached hydrogens (tertiary/aromatic N) is 1. The molecule has 0 bridgehead atoms. The Morgan fingerprint density at radius 2 is 2.06 bits per heavy atom. The first-order valence-electron chi connectivity index (χ1n) is 5.76. The summed E-state index contributed by atoms with van der Waals surface area (Å²) in [7, 11) is -4.14. The molecule has 0 aliphatic carbocycles. The monoisotopic (exact) mass is 273 g/mol. The van der Waals surface area contributed by atoms with Gasteiger partial charge >= 0.3 is 0 Å². The number of aryl methyl sites for hydroxylation is 1. The zero-order chi connectivity index (χ0) is 13.8. The molecule has 0 aromatic heterocycles. The summed E-state index contributed by atoms with van der Waals surface area (Å²) >= 11 is 0. The lowest BCUT2D eigenvalue weighted by Crippen LogP contribution is -2.36. The van der Waals surface area contributed by atoms with Gasteiger partial charge in [-0.15, -0.1) is 0 Å². The van der Waals surface area contributed by atoms with Crippen LogP contribution in [0.25, 0.3) is 0 Å². The summed E-state index contributed by atoms with van der Waals surface area (Å²) in [5, 5.41) is 9.64. The van der Waals surface area contributed by atoms with Gasteiger partial charge in [0.15, 0.2) is 0 Å². The molecule has 0 aliphatic heterocycles. The summed E-state index contributed by atoms with van der Waals surface area (Å²) in [6.45, 7) is 4.69. The van der Waals surface area contributed by atoms with Crippen LogP contribution >= 0.6 is 0 Å². The van der Waals surface area contributed by atoms with Gasteiger partial charge in [0, 0.05) is 18.8 Å². The quantitative estimate of drug-likeness (QED) is 0.758. The van der Waals surface area contributed by atoms with Crippen LogP contribution in [0.4, 0.5) is 5.69 Å². The second-order valence-corrected chi connectivity index (χ2v) is 5.78. The van der Waals surface area contributed by atoms with Crippen LogP contribution in [0.1, 0.15) is 12.5 Å². The summed E-state index contributed by atoms with van der Waals surface area (Å²) in [4.78, 5) is 1.86. The first-order chi connectivity index (χ1) is 8.31. The molecule has 1 atom stereocenters. The SMILES string of the molecule is CCN(C[C@H](O)CS(=O)(=O)O)c1cccc(C)c1. The van der Waals surface area contributed by atoms with Crippen LogP contribution < -0.4 is 4.90 Å². The first-order valence-corrected chi connectivity index (χ1v) is 7.37. The second kappa shape index (κ2) is 6.17. The Kier molecular flexibility index (Phi) is 5.13. The van der Waals surface area contributed by atoms with E-state index >= 15 is 0 Å². The van der Waals surface area contributed by atoms with Crippen molar-refractivity contribution >= 4 is 15.8 Å². The van der Waals surface area contributed by atoms with Crippen molar-refractivity contribution in [2.75, 3.05) is 23.7 Å². The molecule has 0 aliphatic rings. The Labute approximate surface area is 108 Å². The van der Waals surface area contributed by atoms with E-state index in [2.05, 4.69) is 0 Å². The van der Waals surface area contributed by atoms with E-state index in [1.165, 1.54) is 0 Å². The maximum atomic E-state index is 10.7. The van der Waals surface area contributed by atoms with Gasteiger partial charge in [0.25, 0.3) is 10.1 Å². The number of likely N-dealkylation sites (N-methyl/N-ethyl adjacent to an activating group) is 1. The molecule has 1 rings (SSSR count). The molecule has 5 nitrogen and oxygen atoms in total. The van der Waals surface area contributed by atoms with Crippen LogP contribution in [0.15, 0.2) is 24.3 Å². The molecular weight excluding hydrogens is 254 g/mol. The van der Waals surface area contributed by atoms with E-state index in [0.29, 0.717) is 6.54 Å². The van der Waals surface area contributed by atoms with Crippen LogP contribution in [-0.4, -0.2) is 43.0 Å². The van der Waals surface area contributed by atoms with Crippen molar-refractivity contribution in [2.24, 2.45) is 0 Å². The van der Waals surface area contributed by atoms with Crippen LogP contribution in [0.5, 0.6) is 0 Å². The van der Waals surface area contributed by atoms with Gasteiger partial charge < -0.3 is 10.0 Å². The van der Waals surface area contributed by atoms with Crippen molar-refractivity contribution in [1.29, 1.82) is 0 Å². The van der Waals surface area contributed by atoms with Gasteiger partial charge in [0.2, 0.25) is 0 Å². The van der Waals surface area contributed by atoms with Crippen molar-refractivity contribution in [2.45, 2.75) is 20.0 Å². The standard InChI is InChI=1S/C12H19NO4S/c1-3-13(8-12(14)9-18(15,16)17)11-6-4-5-10(2)7-11/h4-7,12,14H,3,8-9H2,1-2H3,(H,15,16,17)/t12-/m0/s1. The number of hydrogen-bond acceptors (Lipinski definition) is 4. The molecule has 1 aromatic carbocycles. The van der Waals surface area contributed by atoms with Crippen molar-refractivity contribution in [3.05, 3.63) is 29.8 Å². The fourth-order valence-electron chi connectivity index (χ4n) is 1.79. The van der Waals surface area contributed by atoms with Gasteiger partial charge in [-0.3, -0.25) is 4.55 Å². The predicted molar refractivity (Wildman–Crippen MR) is 71.5 cm³/mol. The van der Waals surface area contributed by atoms with Crippen molar-refractivity contribution in [1.82, 2.24) is 0 Å². The molecule has 6 heteroatoms. The zero-order valence-corrected chi connectivity index (χ0v) is 11.4. The highest BCUT2D eigenvalue weighted by atomic mass is 32.2. The Balaban J connectivity index is 2.73. The van der Waals surface area contributed by atoms with E-state index in [1.54, 1.807) is 0 Å². The normalized spacial score (nSPS) is 13.3. The Morgan fingerprint density at radius 3 is 2.56 bits per heavy atom. The number of benzene rings is 1. The summed E-state index contributed by atoms with van der Waals surface area (Å²) < 4.78 is 30.0. The summed E-state index contributed by atoms with van der Waals surface area (Å²) in [5.41, 5.74) is 2.02. The smallest absolute Gasteiger partial charge is 0.267 e. The van der Waals surface area contributed by atoms with Gasteiger partial charge in [-0.05, 0) is 31.5 Å². The lowest BCUT2D eigenvalue weighted by Gasteiger charge is -2.25. The Morgan fingerprint density at radius 1 is 1.39 bits per heavy atom. The van der Waals surface area contributed by atoms with Crippen molar-refractivity contribution in [3.63, 3.8) is 0 Å². The largest absolute Gasteiger partial charge is 0.390 e. The lowest BCUT2D eigenvalue weighted by molar-refractivity contribution is 0.200. The maximum Gasteiger partial charge on any atom is 0.267 e. The third kappa shape index (κ3) is 5.03. The Hall–Kier alpha value is -1.11. The maximum absolute atomic E-state index is 10.7. The molecule has 0 saturated heterocycles. The van der Waals surface area contributed by atoms with Gasteiger partial charge in [0.05, 0.1) is 6.10 Å². The first kappa shape index (κ1) is 14.9. The highest BCUT2D eigenvalue weighted by Crippen LogP contribution is 2.16. The minimum Gasteiger partial charge on any atom is -0.390 e. The summed E-state index contributed by atoms with van der Waals surface area (Å²) in [6.07, 6.45) is -1.11. The highest BCUT2D eigenvalue weighted by Gasteiger charge is 2.17. The molecule has 0 spiro atoms. The topological polar surface area (TPSA) is 77.8 Å². The second-order valence-electron chi connectivity index (χ2n) is 4.28. The van der Waals surface area contributed by atoms with E-state index < -0.39 is 22.0 Å². The van der Waals surface area contributed by atoms with Crippen LogP contribution in [-0.2, 0) is 10.1 Å². The molecule has 102 valence electrons. The van der Waals surface area contributed by atoms with Crippen LogP contribution in [0, 0.1) is 6.92 Å². The van der Waals surface area contributed by atoms with E-state index in [1.807, 2.05) is 43.0 Å². The number of aliphatic hydroxyl groups is 1. The van der Waals surface area contributed by atoms with Crippen LogP contribution in [0.2, 0.25) is 0 Å². The molecule has 0 heterocycles. The summed E-state index contributed by atoms with van der Waals surface area (Å²) in [6, 6.07) is 7.73. The molecule has 0 fully saturated rings. The molecule has 18 heavy (non-hydrogen) atoms. The molecule has 1 aromatic rings. The molecular formula is C12H19NO4S. The number of anilines is 1. The number of rotatable bonds is 6. The minimum absolute atomic E-state index is 0.166. The Bertz CT molecular complexity index is 487. The van der Waals surface area contributed by atoms with Gasteiger partial charge in [-0.25, -0.2) is 0 Å². The van der Waals surface area contributed by atoms with E-state index in [4.69, 9.17) is 4.55 Å². The van der Waals surface area contributed by atoms with Crippen molar-refractivity contribution in [3.8, 4) is 0 Å². The van der Waals surface area contributed by atoms with Crippen LogP contribution in [0.3, 0.4) is 0 Å². The average molecular weight is 273 g/mol. The predicted octanol–water partition coefficient (Wildman–Crippen LogP) is 1.07. The van der Waals surface area contributed by atoms with Gasteiger partial charge in [-0.1, -0.05) is 12.1 Å². The molecule has 0 amide bonds. The van der Waals surface area contributed by atoms with E-state index in [9.17, 15) is 13.5 Å². The summed E-state index contributed by atoms with van der Waals surface area (Å²) in [5.74, 6) is -0.644. The highest BCUT2D eigenvalue weighted by molar-refractivity contribution is 7.85. The fourth-order valence-corrected chi connectivity index (χ4v) is 2.38. The van der Waals surface area contributed by atoms with Gasteiger partial charge in [-0.2, -0.15) is 8.42 Å². The lowest BCUT2D eigenvalue weighted by atomic mass is 10.2. The molecule has 0 unspecified atom stereocenters. The number of hydrogen-bond donors (Lipinski definition) is 2. The third-order valence-corrected chi connectivity index (χ3v) is 3.39. The third-order valence-electron chi connectivity index (χ3n) is 2.58. The minimum atomic E-state index is -4.14. The molecule has 0 radical (unpaired) electrons. The van der Waals surface area contributed by atoms with E-state index in [-0.39, 0.29) is 6.54 Å². The number of aliphatic hydroxyl groups excluding tert-OH is 1. The molecule has 2 N–H and O–H groups in total. The fraction of sp³-hybridized carbons (Fsp3) is 0.500.